The van der Waals surface area contributed by atoms with E-state index in [9.17, 15) is 8.42 Å². The summed E-state index contributed by atoms with van der Waals surface area (Å²) < 4.78 is 27.5. The minimum atomic E-state index is -3.38. The molecule has 0 bridgehead atoms. The van der Waals surface area contributed by atoms with Crippen molar-refractivity contribution in [2.45, 2.75) is 31.6 Å². The molecule has 0 amide bonds. The van der Waals surface area contributed by atoms with Crippen LogP contribution in [0.5, 0.6) is 0 Å². The molecule has 2 aromatic rings. The van der Waals surface area contributed by atoms with E-state index in [1.54, 1.807) is 35.6 Å². The van der Waals surface area contributed by atoms with Crippen molar-refractivity contribution in [3.63, 3.8) is 0 Å². The fraction of sp³-hybridized carbons (Fsp3) is 0.333. The number of nitrogens with two attached hydrogens (primary N) is 1. The maximum atomic E-state index is 12.3. The van der Waals surface area contributed by atoms with Crippen molar-refractivity contribution in [1.29, 1.82) is 0 Å². The van der Waals surface area contributed by atoms with E-state index >= 15 is 0 Å². The van der Waals surface area contributed by atoms with Crippen molar-refractivity contribution in [3.05, 3.63) is 52.2 Å². The highest BCUT2D eigenvalue weighted by Crippen LogP contribution is 2.24. The Labute approximate surface area is 130 Å². The van der Waals surface area contributed by atoms with E-state index in [2.05, 4.69) is 11.6 Å². The van der Waals surface area contributed by atoms with Gasteiger partial charge in [-0.15, -0.1) is 11.3 Å². The van der Waals surface area contributed by atoms with Crippen molar-refractivity contribution in [2.24, 2.45) is 0 Å². The number of nitrogen functional groups attached to an aromatic ring is 1. The normalized spacial score (nSPS) is 13.2. The van der Waals surface area contributed by atoms with Crippen LogP contribution < -0.4 is 10.5 Å². The molecule has 0 aliphatic carbocycles. The molecule has 1 heterocycles. The average molecular weight is 324 g/mol. The maximum Gasteiger partial charge on any atom is 0.216 e. The lowest BCUT2D eigenvalue weighted by Crippen LogP contribution is -2.29. The second kappa shape index (κ2) is 7.06. The fourth-order valence-electron chi connectivity index (χ4n) is 2.13. The van der Waals surface area contributed by atoms with Crippen molar-refractivity contribution in [1.82, 2.24) is 4.72 Å². The van der Waals surface area contributed by atoms with Crippen LogP contribution in [-0.2, 0) is 15.8 Å². The first-order valence-electron chi connectivity index (χ1n) is 6.88. The van der Waals surface area contributed by atoms with Gasteiger partial charge in [-0.3, -0.25) is 0 Å². The van der Waals surface area contributed by atoms with Crippen molar-refractivity contribution in [2.75, 3.05) is 5.73 Å². The zero-order valence-electron chi connectivity index (χ0n) is 12.0. The lowest BCUT2D eigenvalue weighted by atomic mass is 10.1. The zero-order chi connectivity index (χ0) is 15.3. The molecule has 0 aliphatic rings. The van der Waals surface area contributed by atoms with E-state index in [1.165, 1.54) is 0 Å². The predicted molar refractivity (Wildman–Crippen MR) is 88.6 cm³/mol. The average Bonchev–Trinajstić information content (AvgIpc) is 2.94. The Morgan fingerprint density at radius 2 is 1.95 bits per heavy atom. The Kier molecular flexibility index (Phi) is 5.39. The van der Waals surface area contributed by atoms with Gasteiger partial charge in [0, 0.05) is 10.6 Å². The van der Waals surface area contributed by atoms with E-state index in [1.807, 2.05) is 17.5 Å². The van der Waals surface area contributed by atoms with Crippen LogP contribution in [0.25, 0.3) is 0 Å². The van der Waals surface area contributed by atoms with Crippen LogP contribution in [0.2, 0.25) is 0 Å². The quantitative estimate of drug-likeness (QED) is 0.768. The highest BCUT2D eigenvalue weighted by atomic mass is 32.2. The van der Waals surface area contributed by atoms with Gasteiger partial charge in [0.15, 0.2) is 0 Å². The topological polar surface area (TPSA) is 72.2 Å². The van der Waals surface area contributed by atoms with Gasteiger partial charge in [0.2, 0.25) is 10.0 Å². The van der Waals surface area contributed by atoms with Crippen molar-refractivity contribution >= 4 is 27.0 Å². The number of nitrogens with one attached hydrogen (secondary N) is 1. The van der Waals surface area contributed by atoms with Crippen LogP contribution in [0.15, 0.2) is 41.8 Å². The van der Waals surface area contributed by atoms with Gasteiger partial charge in [0.1, 0.15) is 0 Å². The third-order valence-corrected chi connectivity index (χ3v) is 5.47. The Balaban J connectivity index is 2.09. The number of anilines is 1. The smallest absolute Gasteiger partial charge is 0.216 e. The van der Waals surface area contributed by atoms with E-state index in [-0.39, 0.29) is 11.8 Å². The van der Waals surface area contributed by atoms with Gasteiger partial charge in [0.05, 0.1) is 11.8 Å². The van der Waals surface area contributed by atoms with Gasteiger partial charge in [-0.1, -0.05) is 31.5 Å². The lowest BCUT2D eigenvalue weighted by molar-refractivity contribution is 0.539. The van der Waals surface area contributed by atoms with E-state index in [4.69, 9.17) is 5.73 Å². The molecule has 0 saturated heterocycles. The summed E-state index contributed by atoms with van der Waals surface area (Å²) in [5.41, 5.74) is 6.98. The van der Waals surface area contributed by atoms with Crippen LogP contribution in [0, 0.1) is 0 Å². The van der Waals surface area contributed by atoms with Crippen LogP contribution in [0.4, 0.5) is 5.69 Å². The minimum absolute atomic E-state index is 0.0289. The molecule has 1 aromatic carbocycles. The van der Waals surface area contributed by atoms with Gasteiger partial charge in [0.25, 0.3) is 0 Å². The Hall–Kier alpha value is -1.37. The number of hydrogen-bond acceptors (Lipinski definition) is 4. The first kappa shape index (κ1) is 16.0. The predicted octanol–water partition coefficient (Wildman–Crippen LogP) is 3.29. The monoisotopic (exact) mass is 324 g/mol. The van der Waals surface area contributed by atoms with Gasteiger partial charge in [-0.25, -0.2) is 13.1 Å². The van der Waals surface area contributed by atoms with Crippen LogP contribution in [-0.4, -0.2) is 8.42 Å². The Morgan fingerprint density at radius 3 is 2.52 bits per heavy atom. The first-order valence-corrected chi connectivity index (χ1v) is 9.41. The summed E-state index contributed by atoms with van der Waals surface area (Å²) in [6.45, 7) is 2.05. The molecule has 0 radical (unpaired) electrons. The third-order valence-electron chi connectivity index (χ3n) is 3.12. The molecule has 2 rings (SSSR count). The highest BCUT2D eigenvalue weighted by molar-refractivity contribution is 7.88. The van der Waals surface area contributed by atoms with Gasteiger partial charge >= 0.3 is 0 Å². The molecule has 0 fully saturated rings. The molecule has 1 unspecified atom stereocenters. The van der Waals surface area contributed by atoms with Crippen molar-refractivity contribution in [3.8, 4) is 0 Å². The summed E-state index contributed by atoms with van der Waals surface area (Å²) in [6, 6.07) is 10.7. The molecule has 3 N–H and O–H groups in total. The van der Waals surface area contributed by atoms with E-state index in [0.717, 1.165) is 23.3 Å². The number of hydrogen-bond donors (Lipinski definition) is 2. The second-order valence-corrected chi connectivity index (χ2v) is 7.71. The number of benzene rings is 1. The molecule has 1 atom stereocenters. The van der Waals surface area contributed by atoms with Gasteiger partial charge in [-0.2, -0.15) is 0 Å². The van der Waals surface area contributed by atoms with Gasteiger partial charge in [-0.05, 0) is 35.6 Å². The first-order chi connectivity index (χ1) is 10.00. The standard InChI is InChI=1S/C15H20N2O2S2/c1-2-4-14(15-5-3-10-20-15)17-21(18,19)11-12-6-8-13(16)9-7-12/h3,5-10,14,17H,2,4,11,16H2,1H3. The van der Waals surface area contributed by atoms with E-state index in [0.29, 0.717) is 5.69 Å². The summed E-state index contributed by atoms with van der Waals surface area (Å²) in [6.07, 6.45) is 1.72. The SMILES string of the molecule is CCCC(NS(=O)(=O)Cc1ccc(N)cc1)c1cccs1. The molecule has 21 heavy (non-hydrogen) atoms. The van der Waals surface area contributed by atoms with Crippen LogP contribution >= 0.6 is 11.3 Å². The van der Waals surface area contributed by atoms with E-state index < -0.39 is 10.0 Å². The lowest BCUT2D eigenvalue weighted by Gasteiger charge is -2.17. The largest absolute Gasteiger partial charge is 0.399 e. The Bertz CT molecular complexity index is 649. The number of sulfonamides is 1. The molecule has 4 nitrogen and oxygen atoms in total. The molecule has 0 saturated carbocycles. The summed E-state index contributed by atoms with van der Waals surface area (Å²) in [5, 5.41) is 1.96. The minimum Gasteiger partial charge on any atom is -0.399 e. The molecule has 0 aliphatic heterocycles. The molecular formula is C15H20N2O2S2. The van der Waals surface area contributed by atoms with Crippen LogP contribution in [0.1, 0.15) is 36.2 Å². The summed E-state index contributed by atoms with van der Waals surface area (Å²) >= 11 is 1.58. The van der Waals surface area contributed by atoms with Gasteiger partial charge < -0.3 is 5.73 Å². The number of rotatable bonds is 7. The summed E-state index contributed by atoms with van der Waals surface area (Å²) in [5.74, 6) is -0.0289. The molecule has 114 valence electrons. The molecule has 1 aromatic heterocycles. The Morgan fingerprint density at radius 1 is 1.24 bits per heavy atom. The third kappa shape index (κ3) is 4.84. The van der Waals surface area contributed by atoms with Crippen LogP contribution in [0.3, 0.4) is 0 Å². The fourth-order valence-corrected chi connectivity index (χ4v) is 4.41. The molecule has 6 heteroatoms. The highest BCUT2D eigenvalue weighted by Gasteiger charge is 2.20. The van der Waals surface area contributed by atoms with Crippen molar-refractivity contribution < 1.29 is 8.42 Å². The summed E-state index contributed by atoms with van der Waals surface area (Å²) in [7, 11) is -3.38. The second-order valence-electron chi connectivity index (χ2n) is 4.98. The maximum absolute atomic E-state index is 12.3. The number of thiophene rings is 1. The molecular weight excluding hydrogens is 304 g/mol. The summed E-state index contributed by atoms with van der Waals surface area (Å²) in [4.78, 5) is 1.05. The molecule has 0 spiro atoms. The zero-order valence-corrected chi connectivity index (χ0v) is 13.6.